The van der Waals surface area contributed by atoms with Crippen molar-refractivity contribution in [3.8, 4) is 0 Å². The molecule has 1 fully saturated rings. The van der Waals surface area contributed by atoms with E-state index in [4.69, 9.17) is 0 Å². The number of anilines is 2. The highest BCUT2D eigenvalue weighted by molar-refractivity contribution is 5.93. The molecule has 1 N–H and O–H groups in total. The van der Waals surface area contributed by atoms with E-state index >= 15 is 0 Å². The quantitative estimate of drug-likeness (QED) is 0.932. The minimum Gasteiger partial charge on any atom is -0.357 e. The molecule has 0 radical (unpaired) electrons. The van der Waals surface area contributed by atoms with Crippen LogP contribution < -0.4 is 10.2 Å². The van der Waals surface area contributed by atoms with E-state index in [1.165, 1.54) is 36.6 Å². The third-order valence-electron chi connectivity index (χ3n) is 3.91. The minimum absolute atomic E-state index is 0.141. The molecule has 0 unspecified atom stereocenters. The summed E-state index contributed by atoms with van der Waals surface area (Å²) in [4.78, 5) is 22.7. The smallest absolute Gasteiger partial charge is 0.249 e. The molecule has 22 heavy (non-hydrogen) atoms. The number of piperidine rings is 1. The number of aromatic nitrogens is 4. The molecule has 7 heteroatoms. The highest BCUT2D eigenvalue weighted by Gasteiger charge is 2.16. The largest absolute Gasteiger partial charge is 0.357 e. The lowest BCUT2D eigenvalue weighted by molar-refractivity contribution is -0.119. The Morgan fingerprint density at radius 2 is 2.09 bits per heavy atom. The second-order valence-electron chi connectivity index (χ2n) is 5.49. The number of amides is 1. The maximum absolute atomic E-state index is 12.2. The molecule has 2 aromatic heterocycles. The van der Waals surface area contributed by atoms with E-state index in [-0.39, 0.29) is 5.91 Å². The van der Waals surface area contributed by atoms with Gasteiger partial charge in [0, 0.05) is 13.1 Å². The third kappa shape index (κ3) is 3.24. The Balaban J connectivity index is 1.62. The average Bonchev–Trinajstić information content (AvgIpc) is 3.10. The molecule has 2 aromatic rings. The van der Waals surface area contributed by atoms with E-state index in [0.29, 0.717) is 5.69 Å². The fraction of sp³-hybridized carbons (Fsp3) is 0.467. The lowest BCUT2D eigenvalue weighted by Crippen LogP contribution is -2.30. The minimum atomic E-state index is -0.413. The van der Waals surface area contributed by atoms with Gasteiger partial charge >= 0.3 is 0 Å². The van der Waals surface area contributed by atoms with Crippen LogP contribution >= 0.6 is 0 Å². The predicted molar refractivity (Wildman–Crippen MR) is 83.7 cm³/mol. The van der Waals surface area contributed by atoms with Crippen LogP contribution in [0.2, 0.25) is 0 Å². The van der Waals surface area contributed by atoms with E-state index in [2.05, 4.69) is 25.3 Å². The van der Waals surface area contributed by atoms with E-state index in [9.17, 15) is 4.79 Å². The predicted octanol–water partition coefficient (Wildman–Crippen LogP) is 1.86. The number of nitrogens with one attached hydrogen (secondary N) is 1. The van der Waals surface area contributed by atoms with Gasteiger partial charge in [-0.2, -0.15) is 5.10 Å². The molecule has 0 spiro atoms. The second kappa shape index (κ2) is 6.55. The third-order valence-corrected chi connectivity index (χ3v) is 3.91. The summed E-state index contributed by atoms with van der Waals surface area (Å²) in [6.07, 6.45) is 8.38. The monoisotopic (exact) mass is 300 g/mol. The topological polar surface area (TPSA) is 75.9 Å². The Morgan fingerprint density at radius 3 is 2.73 bits per heavy atom. The van der Waals surface area contributed by atoms with Crippen LogP contribution in [0.25, 0.3) is 0 Å². The average molecular weight is 300 g/mol. The molecule has 0 aromatic carbocycles. The van der Waals surface area contributed by atoms with Gasteiger partial charge in [-0.25, -0.2) is 14.6 Å². The van der Waals surface area contributed by atoms with Gasteiger partial charge in [0.1, 0.15) is 24.5 Å². The van der Waals surface area contributed by atoms with Crippen LogP contribution in [0, 0.1) is 0 Å². The number of hydrogen-bond acceptors (Lipinski definition) is 5. The van der Waals surface area contributed by atoms with Gasteiger partial charge in [0.25, 0.3) is 0 Å². The first-order valence-electron chi connectivity index (χ1n) is 7.60. The van der Waals surface area contributed by atoms with Crippen LogP contribution in [0.4, 0.5) is 11.5 Å². The van der Waals surface area contributed by atoms with Gasteiger partial charge in [-0.05, 0) is 38.3 Å². The number of pyridine rings is 1. The Labute approximate surface area is 129 Å². The van der Waals surface area contributed by atoms with Crippen molar-refractivity contribution in [2.75, 3.05) is 23.3 Å². The normalized spacial score (nSPS) is 16.3. The first kappa shape index (κ1) is 14.5. The lowest BCUT2D eigenvalue weighted by Gasteiger charge is -2.27. The number of rotatable bonds is 4. The van der Waals surface area contributed by atoms with Crippen molar-refractivity contribution in [2.24, 2.45) is 0 Å². The zero-order valence-electron chi connectivity index (χ0n) is 12.6. The van der Waals surface area contributed by atoms with Gasteiger partial charge in [0.15, 0.2) is 0 Å². The van der Waals surface area contributed by atoms with Crippen molar-refractivity contribution in [3.05, 3.63) is 31.0 Å². The van der Waals surface area contributed by atoms with Gasteiger partial charge < -0.3 is 10.2 Å². The van der Waals surface area contributed by atoms with Crippen LogP contribution in [0.3, 0.4) is 0 Å². The molecular weight excluding hydrogens is 280 g/mol. The summed E-state index contributed by atoms with van der Waals surface area (Å²) < 4.78 is 1.52. The summed E-state index contributed by atoms with van der Waals surface area (Å²) in [6.45, 7) is 3.89. The Kier molecular flexibility index (Phi) is 4.32. The highest BCUT2D eigenvalue weighted by atomic mass is 16.2. The molecule has 3 rings (SSSR count). The van der Waals surface area contributed by atoms with Crippen LogP contribution in [0.1, 0.15) is 32.2 Å². The van der Waals surface area contributed by atoms with Crippen LogP contribution in [-0.4, -0.2) is 38.7 Å². The van der Waals surface area contributed by atoms with Crippen molar-refractivity contribution in [2.45, 2.75) is 32.2 Å². The molecule has 0 bridgehead atoms. The fourth-order valence-electron chi connectivity index (χ4n) is 2.55. The van der Waals surface area contributed by atoms with Gasteiger partial charge in [0.05, 0.1) is 11.9 Å². The first-order chi connectivity index (χ1) is 10.7. The molecule has 1 saturated heterocycles. The molecule has 3 heterocycles. The molecule has 1 aliphatic heterocycles. The maximum atomic E-state index is 12.2. The number of nitrogens with zero attached hydrogens (tertiary/aromatic N) is 5. The summed E-state index contributed by atoms with van der Waals surface area (Å²) in [5.74, 6) is 0.833. The highest BCUT2D eigenvalue weighted by Crippen LogP contribution is 2.19. The van der Waals surface area contributed by atoms with E-state index in [0.717, 1.165) is 18.9 Å². The van der Waals surface area contributed by atoms with E-state index in [1.54, 1.807) is 13.1 Å². The standard InChI is InChI=1S/C15H20N6O/c1-12(21-11-16-10-18-21)15(22)19-13-5-6-14(17-9-13)20-7-3-2-4-8-20/h5-6,9-12H,2-4,7-8H2,1H3,(H,19,22)/t12-/m0/s1. The van der Waals surface area contributed by atoms with Crippen LogP contribution in [0.15, 0.2) is 31.0 Å². The summed E-state index contributed by atoms with van der Waals surface area (Å²) in [6, 6.07) is 3.44. The van der Waals surface area contributed by atoms with E-state index in [1.807, 2.05) is 12.1 Å². The number of hydrogen-bond donors (Lipinski definition) is 1. The van der Waals surface area contributed by atoms with Gasteiger partial charge in [-0.3, -0.25) is 4.79 Å². The Bertz CT molecular complexity index is 603. The van der Waals surface area contributed by atoms with Gasteiger partial charge in [-0.1, -0.05) is 0 Å². The zero-order valence-corrected chi connectivity index (χ0v) is 12.6. The Morgan fingerprint density at radius 1 is 1.27 bits per heavy atom. The SMILES string of the molecule is C[C@@H](C(=O)Nc1ccc(N2CCCCC2)nc1)n1cncn1. The van der Waals surface area contributed by atoms with Crippen LogP contribution in [0.5, 0.6) is 0 Å². The molecule has 116 valence electrons. The summed E-state index contributed by atoms with van der Waals surface area (Å²) in [7, 11) is 0. The number of carbonyl (C=O) groups is 1. The lowest BCUT2D eigenvalue weighted by atomic mass is 10.1. The molecule has 7 nitrogen and oxygen atoms in total. The summed E-state index contributed by atoms with van der Waals surface area (Å²) in [5, 5.41) is 6.83. The van der Waals surface area contributed by atoms with Crippen molar-refractivity contribution < 1.29 is 4.79 Å². The fourth-order valence-corrected chi connectivity index (χ4v) is 2.55. The molecular formula is C15H20N6O. The number of carbonyl (C=O) groups excluding carboxylic acids is 1. The van der Waals surface area contributed by atoms with E-state index < -0.39 is 6.04 Å². The van der Waals surface area contributed by atoms with Crippen molar-refractivity contribution >= 4 is 17.4 Å². The van der Waals surface area contributed by atoms with Gasteiger partial charge in [0.2, 0.25) is 5.91 Å². The summed E-state index contributed by atoms with van der Waals surface area (Å²) in [5.41, 5.74) is 0.692. The second-order valence-corrected chi connectivity index (χ2v) is 5.49. The first-order valence-corrected chi connectivity index (χ1v) is 7.60. The maximum Gasteiger partial charge on any atom is 0.249 e. The molecule has 1 amide bonds. The molecule has 1 atom stereocenters. The molecule has 0 aliphatic carbocycles. The molecule has 0 saturated carbocycles. The zero-order chi connectivity index (χ0) is 15.4. The summed E-state index contributed by atoms with van der Waals surface area (Å²) >= 11 is 0. The van der Waals surface area contributed by atoms with Crippen molar-refractivity contribution in [3.63, 3.8) is 0 Å². The van der Waals surface area contributed by atoms with Gasteiger partial charge in [-0.15, -0.1) is 0 Å². The van der Waals surface area contributed by atoms with Crippen LogP contribution in [-0.2, 0) is 4.79 Å². The molecule has 1 aliphatic rings. The van der Waals surface area contributed by atoms with Crippen molar-refractivity contribution in [1.29, 1.82) is 0 Å². The van der Waals surface area contributed by atoms with Crippen molar-refractivity contribution in [1.82, 2.24) is 19.7 Å². The Hall–Kier alpha value is -2.44.